The van der Waals surface area contributed by atoms with Crippen LogP contribution in [0.2, 0.25) is 0 Å². The molecule has 6 heteroatoms. The fourth-order valence-electron chi connectivity index (χ4n) is 3.40. The fourth-order valence-corrected chi connectivity index (χ4v) is 3.40. The second kappa shape index (κ2) is 7.70. The Balaban J connectivity index is 1.47. The zero-order valence-corrected chi connectivity index (χ0v) is 15.5. The van der Waals surface area contributed by atoms with Crippen LogP contribution in [-0.2, 0) is 6.54 Å². The van der Waals surface area contributed by atoms with E-state index >= 15 is 0 Å². The van der Waals surface area contributed by atoms with Gasteiger partial charge in [0.05, 0.1) is 17.8 Å². The lowest BCUT2D eigenvalue weighted by atomic mass is 10.1. The molecule has 3 heterocycles. The fraction of sp³-hybridized carbons (Fsp3) is 0.333. The van der Waals surface area contributed by atoms with Gasteiger partial charge in [0, 0.05) is 24.2 Å². The number of nitrogens with zero attached hydrogens (tertiary/aromatic N) is 4. The molecule has 2 aromatic heterocycles. The second-order valence-corrected chi connectivity index (χ2v) is 6.92. The zero-order valence-electron chi connectivity index (χ0n) is 15.5. The molecule has 1 saturated heterocycles. The monoisotopic (exact) mass is 361 g/mol. The van der Waals surface area contributed by atoms with Gasteiger partial charge in [-0.2, -0.15) is 0 Å². The number of nitrogens with one attached hydrogen (secondary N) is 1. The van der Waals surface area contributed by atoms with Crippen LogP contribution in [0.3, 0.4) is 0 Å². The zero-order chi connectivity index (χ0) is 18.6. The van der Waals surface area contributed by atoms with E-state index in [1.807, 2.05) is 43.3 Å². The van der Waals surface area contributed by atoms with Gasteiger partial charge in [-0.15, -0.1) is 0 Å². The lowest BCUT2D eigenvalue weighted by molar-refractivity contribution is 0.0945. The Morgan fingerprint density at radius 1 is 1.04 bits per heavy atom. The summed E-state index contributed by atoms with van der Waals surface area (Å²) in [5, 5.41) is 3.95. The molecule has 1 fully saturated rings. The van der Waals surface area contributed by atoms with Crippen LogP contribution in [0.15, 0.2) is 42.5 Å². The predicted octanol–water partition coefficient (Wildman–Crippen LogP) is 3.25. The quantitative estimate of drug-likeness (QED) is 0.772. The van der Waals surface area contributed by atoms with Crippen molar-refractivity contribution in [1.82, 2.24) is 20.3 Å². The Labute approximate surface area is 158 Å². The van der Waals surface area contributed by atoms with Gasteiger partial charge in [-0.05, 0) is 44.4 Å². The molecule has 0 atom stereocenters. The van der Waals surface area contributed by atoms with Crippen LogP contribution in [-0.4, -0.2) is 33.9 Å². The molecule has 27 heavy (non-hydrogen) atoms. The number of carbonyl (C=O) groups excluding carboxylic acids is 1. The van der Waals surface area contributed by atoms with Gasteiger partial charge in [0.2, 0.25) is 5.95 Å². The van der Waals surface area contributed by atoms with Gasteiger partial charge in [0.25, 0.3) is 5.91 Å². The standard InChI is InChI=1S/C21H23N5O/c1-15-13-17(24-21(23-15)26-11-5-2-6-12-26)14-22-20(27)19-10-9-16-7-3-4-8-18(16)25-19/h3-4,7-10,13H,2,5-6,11-12,14H2,1H3,(H,22,27). The van der Waals surface area contributed by atoms with Crippen LogP contribution < -0.4 is 10.2 Å². The summed E-state index contributed by atoms with van der Waals surface area (Å²) in [4.78, 5) is 28.4. The molecule has 0 bridgehead atoms. The van der Waals surface area contributed by atoms with Gasteiger partial charge in [-0.25, -0.2) is 15.0 Å². The molecule has 0 saturated carbocycles. The van der Waals surface area contributed by atoms with Crippen molar-refractivity contribution in [2.45, 2.75) is 32.7 Å². The van der Waals surface area contributed by atoms with E-state index in [2.05, 4.69) is 25.2 Å². The second-order valence-electron chi connectivity index (χ2n) is 6.92. The number of fused-ring (bicyclic) bond motifs is 1. The number of piperidine rings is 1. The molecule has 0 spiro atoms. The van der Waals surface area contributed by atoms with E-state index in [-0.39, 0.29) is 5.91 Å². The first-order valence-electron chi connectivity index (χ1n) is 9.42. The highest BCUT2D eigenvalue weighted by Crippen LogP contribution is 2.17. The van der Waals surface area contributed by atoms with Crippen LogP contribution in [0.25, 0.3) is 10.9 Å². The van der Waals surface area contributed by atoms with Gasteiger partial charge in [-0.3, -0.25) is 4.79 Å². The van der Waals surface area contributed by atoms with Crippen molar-refractivity contribution in [2.75, 3.05) is 18.0 Å². The molecular weight excluding hydrogens is 338 g/mol. The van der Waals surface area contributed by atoms with E-state index in [0.717, 1.165) is 41.3 Å². The number of hydrogen-bond acceptors (Lipinski definition) is 5. The number of amides is 1. The van der Waals surface area contributed by atoms with Crippen molar-refractivity contribution in [3.05, 3.63) is 59.5 Å². The first-order chi connectivity index (χ1) is 13.2. The molecule has 138 valence electrons. The van der Waals surface area contributed by atoms with Crippen LogP contribution in [0.1, 0.15) is 41.1 Å². The minimum Gasteiger partial charge on any atom is -0.345 e. The molecule has 1 aliphatic heterocycles. The van der Waals surface area contributed by atoms with Crippen molar-refractivity contribution in [3.8, 4) is 0 Å². The Hall–Kier alpha value is -3.02. The molecule has 6 nitrogen and oxygen atoms in total. The maximum absolute atomic E-state index is 12.5. The molecule has 1 aliphatic rings. The summed E-state index contributed by atoms with van der Waals surface area (Å²) in [6.07, 6.45) is 3.62. The third kappa shape index (κ3) is 4.05. The van der Waals surface area contributed by atoms with E-state index in [0.29, 0.717) is 12.2 Å². The van der Waals surface area contributed by atoms with Crippen molar-refractivity contribution >= 4 is 22.8 Å². The Bertz CT molecular complexity index is 966. The molecule has 1 N–H and O–H groups in total. The van der Waals surface area contributed by atoms with Gasteiger partial charge >= 0.3 is 0 Å². The highest BCUT2D eigenvalue weighted by molar-refractivity contribution is 5.94. The Morgan fingerprint density at radius 3 is 2.70 bits per heavy atom. The summed E-state index contributed by atoms with van der Waals surface area (Å²) in [7, 11) is 0. The van der Waals surface area contributed by atoms with Gasteiger partial charge < -0.3 is 10.2 Å². The minimum atomic E-state index is -0.198. The number of rotatable bonds is 4. The molecule has 0 unspecified atom stereocenters. The third-order valence-corrected chi connectivity index (χ3v) is 4.80. The third-order valence-electron chi connectivity index (χ3n) is 4.80. The Morgan fingerprint density at radius 2 is 1.85 bits per heavy atom. The molecule has 1 amide bonds. The van der Waals surface area contributed by atoms with Crippen LogP contribution in [0, 0.1) is 6.92 Å². The number of hydrogen-bond donors (Lipinski definition) is 1. The van der Waals surface area contributed by atoms with Crippen LogP contribution >= 0.6 is 0 Å². The molecule has 1 aromatic carbocycles. The molecule has 0 radical (unpaired) electrons. The van der Waals surface area contributed by atoms with E-state index < -0.39 is 0 Å². The summed E-state index contributed by atoms with van der Waals surface area (Å²) in [5.74, 6) is 0.569. The van der Waals surface area contributed by atoms with Crippen LogP contribution in [0.5, 0.6) is 0 Å². The van der Waals surface area contributed by atoms with E-state index in [1.165, 1.54) is 19.3 Å². The molecule has 3 aromatic rings. The number of anilines is 1. The topological polar surface area (TPSA) is 71.0 Å². The summed E-state index contributed by atoms with van der Waals surface area (Å²) < 4.78 is 0. The van der Waals surface area contributed by atoms with Crippen molar-refractivity contribution in [2.24, 2.45) is 0 Å². The Kier molecular flexibility index (Phi) is 4.96. The van der Waals surface area contributed by atoms with E-state index in [9.17, 15) is 4.79 Å². The number of aryl methyl sites for hydroxylation is 1. The highest BCUT2D eigenvalue weighted by atomic mass is 16.1. The lowest BCUT2D eigenvalue weighted by Crippen LogP contribution is -2.32. The first-order valence-corrected chi connectivity index (χ1v) is 9.42. The normalized spacial score (nSPS) is 14.3. The summed E-state index contributed by atoms with van der Waals surface area (Å²) in [6.45, 7) is 4.31. The highest BCUT2D eigenvalue weighted by Gasteiger charge is 2.15. The number of pyridine rings is 1. The smallest absolute Gasteiger partial charge is 0.270 e. The van der Waals surface area contributed by atoms with Crippen LogP contribution in [0.4, 0.5) is 5.95 Å². The SMILES string of the molecule is Cc1cc(CNC(=O)c2ccc3ccccc3n2)nc(N2CCCCC2)n1. The number of carbonyl (C=O) groups is 1. The number of para-hydroxylation sites is 1. The minimum absolute atomic E-state index is 0.198. The van der Waals surface area contributed by atoms with Gasteiger partial charge in [0.1, 0.15) is 5.69 Å². The molecular formula is C21H23N5O. The molecule has 4 rings (SSSR count). The van der Waals surface area contributed by atoms with E-state index in [1.54, 1.807) is 6.07 Å². The van der Waals surface area contributed by atoms with Gasteiger partial charge in [0.15, 0.2) is 0 Å². The largest absolute Gasteiger partial charge is 0.345 e. The maximum atomic E-state index is 12.5. The lowest BCUT2D eigenvalue weighted by Gasteiger charge is -2.27. The predicted molar refractivity (Wildman–Crippen MR) is 106 cm³/mol. The van der Waals surface area contributed by atoms with E-state index in [4.69, 9.17) is 0 Å². The average Bonchev–Trinajstić information content (AvgIpc) is 2.72. The number of aromatic nitrogens is 3. The first kappa shape index (κ1) is 17.4. The average molecular weight is 361 g/mol. The molecule has 0 aliphatic carbocycles. The van der Waals surface area contributed by atoms with Crippen molar-refractivity contribution in [1.29, 1.82) is 0 Å². The maximum Gasteiger partial charge on any atom is 0.270 e. The van der Waals surface area contributed by atoms with Gasteiger partial charge in [-0.1, -0.05) is 24.3 Å². The van der Waals surface area contributed by atoms with Crippen molar-refractivity contribution < 1.29 is 4.79 Å². The number of benzene rings is 1. The van der Waals surface area contributed by atoms with Crippen molar-refractivity contribution in [3.63, 3.8) is 0 Å². The summed E-state index contributed by atoms with van der Waals surface area (Å²) >= 11 is 0. The summed E-state index contributed by atoms with van der Waals surface area (Å²) in [5.41, 5.74) is 2.96. The summed E-state index contributed by atoms with van der Waals surface area (Å²) in [6, 6.07) is 13.4.